The molecule has 1 unspecified atom stereocenters. The highest BCUT2D eigenvalue weighted by Gasteiger charge is 2.07. The molecule has 1 aromatic carbocycles. The third-order valence-electron chi connectivity index (χ3n) is 2.07. The van der Waals surface area contributed by atoms with Gasteiger partial charge in [-0.15, -0.1) is 0 Å². The Labute approximate surface area is 84.3 Å². The molecule has 0 amide bonds. The van der Waals surface area contributed by atoms with Crippen molar-refractivity contribution in [3.8, 4) is 5.75 Å². The molecule has 0 bridgehead atoms. The molecular weight excluding hydrogens is 180 g/mol. The molecule has 3 nitrogen and oxygen atoms in total. The Bertz CT molecular complexity index is 273. The standard InChI is InChI=1S/C11H16O3/c1-13-7-6-11(12)9-4-3-5-10(8-9)14-2/h3-5,8,11-12H,6-7H2,1-2H3. The third kappa shape index (κ3) is 3.01. The average molecular weight is 196 g/mol. The van der Waals surface area contributed by atoms with Gasteiger partial charge in [0.05, 0.1) is 13.2 Å². The van der Waals surface area contributed by atoms with Gasteiger partial charge in [-0.3, -0.25) is 0 Å². The van der Waals surface area contributed by atoms with Crippen LogP contribution in [0, 0.1) is 0 Å². The van der Waals surface area contributed by atoms with Crippen molar-refractivity contribution in [2.75, 3.05) is 20.8 Å². The second-order valence-corrected chi connectivity index (χ2v) is 3.07. The zero-order valence-electron chi connectivity index (χ0n) is 8.56. The number of aliphatic hydroxyl groups is 1. The van der Waals surface area contributed by atoms with Crippen molar-refractivity contribution >= 4 is 0 Å². The molecular formula is C11H16O3. The van der Waals surface area contributed by atoms with Gasteiger partial charge < -0.3 is 14.6 Å². The molecule has 3 heteroatoms. The second-order valence-electron chi connectivity index (χ2n) is 3.07. The molecule has 0 saturated heterocycles. The predicted molar refractivity (Wildman–Crippen MR) is 54.4 cm³/mol. The van der Waals surface area contributed by atoms with Crippen LogP contribution in [-0.2, 0) is 4.74 Å². The minimum Gasteiger partial charge on any atom is -0.497 e. The predicted octanol–water partition coefficient (Wildman–Crippen LogP) is 1.77. The zero-order valence-corrected chi connectivity index (χ0v) is 8.56. The van der Waals surface area contributed by atoms with Crippen LogP contribution in [0.4, 0.5) is 0 Å². The lowest BCUT2D eigenvalue weighted by atomic mass is 10.1. The highest BCUT2D eigenvalue weighted by atomic mass is 16.5. The molecule has 0 radical (unpaired) electrons. The quantitative estimate of drug-likeness (QED) is 0.780. The number of hydrogen-bond donors (Lipinski definition) is 1. The van der Waals surface area contributed by atoms with Crippen LogP contribution in [0.5, 0.6) is 5.75 Å². The molecule has 0 aliphatic heterocycles. The zero-order chi connectivity index (χ0) is 10.4. The van der Waals surface area contributed by atoms with Crippen LogP contribution >= 0.6 is 0 Å². The lowest BCUT2D eigenvalue weighted by Crippen LogP contribution is -2.01. The maximum atomic E-state index is 9.74. The lowest BCUT2D eigenvalue weighted by Gasteiger charge is -2.11. The van der Waals surface area contributed by atoms with Gasteiger partial charge in [-0.2, -0.15) is 0 Å². The Morgan fingerprint density at radius 2 is 2.14 bits per heavy atom. The van der Waals surface area contributed by atoms with Crippen molar-refractivity contribution in [3.05, 3.63) is 29.8 Å². The number of methoxy groups -OCH3 is 2. The van der Waals surface area contributed by atoms with E-state index in [1.807, 2.05) is 24.3 Å². The van der Waals surface area contributed by atoms with E-state index < -0.39 is 6.10 Å². The molecule has 0 saturated carbocycles. The summed E-state index contributed by atoms with van der Waals surface area (Å²) in [5, 5.41) is 9.74. The van der Waals surface area contributed by atoms with E-state index in [0.717, 1.165) is 11.3 Å². The van der Waals surface area contributed by atoms with Crippen molar-refractivity contribution in [3.63, 3.8) is 0 Å². The maximum Gasteiger partial charge on any atom is 0.119 e. The molecule has 0 spiro atoms. The van der Waals surface area contributed by atoms with Gasteiger partial charge in [0.25, 0.3) is 0 Å². The summed E-state index contributed by atoms with van der Waals surface area (Å²) < 4.78 is 9.97. The first-order chi connectivity index (χ1) is 6.77. The highest BCUT2D eigenvalue weighted by Crippen LogP contribution is 2.21. The monoisotopic (exact) mass is 196 g/mol. The van der Waals surface area contributed by atoms with Crippen LogP contribution in [0.15, 0.2) is 24.3 Å². The summed E-state index contributed by atoms with van der Waals surface area (Å²) in [6.07, 6.45) is 0.119. The highest BCUT2D eigenvalue weighted by molar-refractivity contribution is 5.29. The van der Waals surface area contributed by atoms with Gasteiger partial charge >= 0.3 is 0 Å². The summed E-state index contributed by atoms with van der Waals surface area (Å²) in [4.78, 5) is 0. The molecule has 0 aliphatic carbocycles. The normalized spacial score (nSPS) is 12.5. The lowest BCUT2D eigenvalue weighted by molar-refractivity contribution is 0.110. The largest absolute Gasteiger partial charge is 0.497 e. The van der Waals surface area contributed by atoms with E-state index in [9.17, 15) is 5.11 Å². The Balaban J connectivity index is 2.64. The molecule has 0 fully saturated rings. The fourth-order valence-electron chi connectivity index (χ4n) is 1.24. The van der Waals surface area contributed by atoms with Crippen LogP contribution in [0.25, 0.3) is 0 Å². The number of ether oxygens (including phenoxy) is 2. The SMILES string of the molecule is COCCC(O)c1cccc(OC)c1. The van der Waals surface area contributed by atoms with Crippen molar-refractivity contribution < 1.29 is 14.6 Å². The van der Waals surface area contributed by atoms with E-state index >= 15 is 0 Å². The summed E-state index contributed by atoms with van der Waals surface area (Å²) in [5.41, 5.74) is 0.862. The summed E-state index contributed by atoms with van der Waals surface area (Å²) in [6.45, 7) is 0.554. The van der Waals surface area contributed by atoms with Crippen LogP contribution in [0.3, 0.4) is 0 Å². The Hall–Kier alpha value is -1.06. The number of aliphatic hydroxyl groups excluding tert-OH is 1. The fourth-order valence-corrected chi connectivity index (χ4v) is 1.24. The van der Waals surface area contributed by atoms with Crippen molar-refractivity contribution in [2.45, 2.75) is 12.5 Å². The number of rotatable bonds is 5. The van der Waals surface area contributed by atoms with E-state index in [-0.39, 0.29) is 0 Å². The summed E-state index contributed by atoms with van der Waals surface area (Å²) in [7, 11) is 3.24. The first-order valence-electron chi connectivity index (χ1n) is 4.59. The van der Waals surface area contributed by atoms with Gasteiger partial charge in [-0.25, -0.2) is 0 Å². The minimum absolute atomic E-state index is 0.481. The molecule has 1 atom stereocenters. The molecule has 0 heterocycles. The topological polar surface area (TPSA) is 38.7 Å². The maximum absolute atomic E-state index is 9.74. The van der Waals surface area contributed by atoms with Gasteiger partial charge in [0, 0.05) is 20.1 Å². The second kappa shape index (κ2) is 5.62. The Morgan fingerprint density at radius 3 is 2.79 bits per heavy atom. The van der Waals surface area contributed by atoms with Crippen molar-refractivity contribution in [1.29, 1.82) is 0 Å². The number of benzene rings is 1. The van der Waals surface area contributed by atoms with E-state index in [1.165, 1.54) is 0 Å². The molecule has 0 aromatic heterocycles. The summed E-state index contributed by atoms with van der Waals surface area (Å²) in [5.74, 6) is 0.763. The van der Waals surface area contributed by atoms with E-state index in [4.69, 9.17) is 9.47 Å². The first kappa shape index (κ1) is 11.0. The van der Waals surface area contributed by atoms with Crippen molar-refractivity contribution in [2.24, 2.45) is 0 Å². The van der Waals surface area contributed by atoms with Crippen LogP contribution in [-0.4, -0.2) is 25.9 Å². The molecule has 0 aliphatic rings. The number of hydrogen-bond acceptors (Lipinski definition) is 3. The van der Waals surface area contributed by atoms with Crippen molar-refractivity contribution in [1.82, 2.24) is 0 Å². The summed E-state index contributed by atoms with van der Waals surface area (Å²) in [6, 6.07) is 7.43. The van der Waals surface area contributed by atoms with Crippen LogP contribution in [0.1, 0.15) is 18.1 Å². The van der Waals surface area contributed by atoms with E-state index in [1.54, 1.807) is 14.2 Å². The molecule has 78 valence electrons. The average Bonchev–Trinajstić information content (AvgIpc) is 2.26. The van der Waals surface area contributed by atoms with Gasteiger partial charge in [-0.05, 0) is 17.7 Å². The van der Waals surface area contributed by atoms with Crippen LogP contribution < -0.4 is 4.74 Å². The van der Waals surface area contributed by atoms with Gasteiger partial charge in [0.15, 0.2) is 0 Å². The Kier molecular flexibility index (Phi) is 4.43. The third-order valence-corrected chi connectivity index (χ3v) is 2.07. The molecule has 1 N–H and O–H groups in total. The molecule has 1 rings (SSSR count). The first-order valence-corrected chi connectivity index (χ1v) is 4.59. The fraction of sp³-hybridized carbons (Fsp3) is 0.455. The van der Waals surface area contributed by atoms with E-state index in [0.29, 0.717) is 13.0 Å². The molecule has 14 heavy (non-hydrogen) atoms. The molecule has 1 aromatic rings. The Morgan fingerprint density at radius 1 is 1.36 bits per heavy atom. The van der Waals surface area contributed by atoms with Gasteiger partial charge in [0.2, 0.25) is 0 Å². The minimum atomic E-state index is -0.481. The van der Waals surface area contributed by atoms with Gasteiger partial charge in [0.1, 0.15) is 5.75 Å². The summed E-state index contributed by atoms with van der Waals surface area (Å²) >= 11 is 0. The van der Waals surface area contributed by atoms with Crippen LogP contribution in [0.2, 0.25) is 0 Å². The van der Waals surface area contributed by atoms with E-state index in [2.05, 4.69) is 0 Å². The van der Waals surface area contributed by atoms with Gasteiger partial charge in [-0.1, -0.05) is 12.1 Å². The smallest absolute Gasteiger partial charge is 0.119 e.